The highest BCUT2D eigenvalue weighted by molar-refractivity contribution is 8.03. The van der Waals surface area contributed by atoms with E-state index in [1.807, 2.05) is 12.2 Å². The number of allylic oxidation sites excluding steroid dienone is 1. The summed E-state index contributed by atoms with van der Waals surface area (Å²) in [6.45, 7) is 1.69. The van der Waals surface area contributed by atoms with Gasteiger partial charge in [-0.3, -0.25) is 13.8 Å². The predicted molar refractivity (Wildman–Crippen MR) is 74.1 cm³/mol. The Morgan fingerprint density at radius 2 is 2.20 bits per heavy atom. The molecule has 0 aromatic heterocycles. The smallest absolute Gasteiger partial charge is 0.246 e. The zero-order valence-electron chi connectivity index (χ0n) is 11.6. The van der Waals surface area contributed by atoms with E-state index in [0.717, 1.165) is 19.3 Å². The number of likely N-dealkylation sites (tertiary alicyclic amines) is 1. The van der Waals surface area contributed by atoms with Crippen LogP contribution in [-0.4, -0.2) is 49.2 Å². The molecule has 3 unspecified atom stereocenters. The van der Waals surface area contributed by atoms with Crippen molar-refractivity contribution in [3.05, 3.63) is 12.2 Å². The summed E-state index contributed by atoms with van der Waals surface area (Å²) in [6.07, 6.45) is 5.52. The highest BCUT2D eigenvalue weighted by atomic mass is 32.2. The maximum atomic E-state index is 12.5. The first-order chi connectivity index (χ1) is 9.44. The third-order valence-electron chi connectivity index (χ3n) is 4.98. The Morgan fingerprint density at radius 3 is 2.80 bits per heavy atom. The minimum Gasteiger partial charge on any atom is -0.390 e. The molecule has 2 aliphatic heterocycles. The summed E-state index contributed by atoms with van der Waals surface area (Å²) in [5.74, 6) is -1.02. The minimum atomic E-state index is -1.94. The summed E-state index contributed by atoms with van der Waals surface area (Å²) < 4.78 is 11.1. The van der Waals surface area contributed by atoms with E-state index < -0.39 is 38.7 Å². The maximum Gasteiger partial charge on any atom is 0.246 e. The average molecular weight is 297 g/mol. The Labute approximate surface area is 120 Å². The molecular formula is C14H19NO4S. The first-order valence-electron chi connectivity index (χ1n) is 7.01. The number of carbonyl (C=O) groups is 2. The lowest BCUT2D eigenvalue weighted by molar-refractivity contribution is -0.160. The molecule has 6 heteroatoms. The highest BCUT2D eigenvalue weighted by Gasteiger charge is 2.76. The number of fused-ring (bicyclic) bond motifs is 1. The molecule has 2 fully saturated rings. The molecule has 1 N–H and O–H groups in total. The van der Waals surface area contributed by atoms with Crippen LogP contribution in [0.15, 0.2) is 12.2 Å². The fourth-order valence-electron chi connectivity index (χ4n) is 3.94. The molecule has 0 aromatic carbocycles. The van der Waals surface area contributed by atoms with Gasteiger partial charge >= 0.3 is 0 Å². The number of β-lactam (4-membered cyclic amide) rings is 1. The molecule has 1 aliphatic carbocycles. The number of amides is 1. The summed E-state index contributed by atoms with van der Waals surface area (Å²) in [7, 11) is -0.329. The van der Waals surface area contributed by atoms with E-state index in [2.05, 4.69) is 0 Å². The van der Waals surface area contributed by atoms with Crippen LogP contribution in [0.5, 0.6) is 0 Å². The summed E-state index contributed by atoms with van der Waals surface area (Å²) >= 11 is 0. The van der Waals surface area contributed by atoms with E-state index in [9.17, 15) is 18.9 Å². The van der Waals surface area contributed by atoms with Crippen molar-refractivity contribution in [1.82, 2.24) is 4.90 Å². The van der Waals surface area contributed by atoms with Crippen molar-refractivity contribution in [3.63, 3.8) is 0 Å². The Morgan fingerprint density at radius 1 is 1.50 bits per heavy atom. The van der Waals surface area contributed by atoms with Crippen molar-refractivity contribution in [1.29, 1.82) is 0 Å². The molecule has 6 atom stereocenters. The fourth-order valence-corrected chi connectivity index (χ4v) is 6.02. The van der Waals surface area contributed by atoms with Gasteiger partial charge in [0.05, 0.1) is 18.1 Å². The van der Waals surface area contributed by atoms with Crippen molar-refractivity contribution >= 4 is 21.8 Å². The molecule has 3 rings (SSSR count). The summed E-state index contributed by atoms with van der Waals surface area (Å²) in [6, 6.07) is -0.436. The van der Waals surface area contributed by atoms with Crippen molar-refractivity contribution < 1.29 is 18.9 Å². The van der Waals surface area contributed by atoms with Crippen molar-refractivity contribution in [2.24, 2.45) is 11.8 Å². The quantitative estimate of drug-likeness (QED) is 0.584. The molecule has 20 heavy (non-hydrogen) atoms. The zero-order valence-corrected chi connectivity index (χ0v) is 12.4. The van der Waals surface area contributed by atoms with Crippen molar-refractivity contribution in [2.75, 3.05) is 7.05 Å². The number of hydrogen-bond acceptors (Lipinski definition) is 4. The van der Waals surface area contributed by atoms with Gasteiger partial charge in [-0.15, -0.1) is 0 Å². The van der Waals surface area contributed by atoms with E-state index >= 15 is 0 Å². The van der Waals surface area contributed by atoms with Gasteiger partial charge in [-0.1, -0.05) is 19.1 Å². The fraction of sp³-hybridized carbons (Fsp3) is 0.714. The third kappa shape index (κ3) is 1.44. The van der Waals surface area contributed by atoms with Gasteiger partial charge in [-0.05, 0) is 19.3 Å². The lowest BCUT2D eigenvalue weighted by Crippen LogP contribution is -2.77. The Balaban J connectivity index is 2.02. The van der Waals surface area contributed by atoms with Crippen molar-refractivity contribution in [3.8, 4) is 0 Å². The second-order valence-corrected chi connectivity index (χ2v) is 7.61. The largest absolute Gasteiger partial charge is 0.390 e. The number of nitrogens with zero attached hydrogens (tertiary/aromatic N) is 1. The molecular weight excluding hydrogens is 278 g/mol. The third-order valence-corrected chi connectivity index (χ3v) is 6.99. The first-order valence-corrected chi connectivity index (χ1v) is 8.16. The monoisotopic (exact) mass is 297 g/mol. The molecule has 0 spiro atoms. The predicted octanol–water partition coefficient (Wildman–Crippen LogP) is 0.208. The van der Waals surface area contributed by atoms with Gasteiger partial charge < -0.3 is 10.0 Å². The second-order valence-electron chi connectivity index (χ2n) is 6.00. The van der Waals surface area contributed by atoms with Crippen LogP contribution in [0.1, 0.15) is 26.2 Å². The van der Waals surface area contributed by atoms with Gasteiger partial charge in [-0.2, -0.15) is 0 Å². The van der Waals surface area contributed by atoms with Crippen LogP contribution in [0.25, 0.3) is 0 Å². The SMILES string of the molecule is CC1C(=O)S(=O)[C@@]2([C@@H](O)[C@@H]3C=CCCC3)C(=O)N(C)C12. The second kappa shape index (κ2) is 4.49. The number of aliphatic hydroxyl groups is 1. The Hall–Kier alpha value is -1.01. The molecule has 110 valence electrons. The number of hydrogen-bond donors (Lipinski definition) is 1. The number of rotatable bonds is 2. The average Bonchev–Trinajstić information content (AvgIpc) is 2.66. The van der Waals surface area contributed by atoms with Crippen LogP contribution in [0.2, 0.25) is 0 Å². The molecule has 2 saturated heterocycles. The van der Waals surface area contributed by atoms with E-state index in [4.69, 9.17) is 0 Å². The summed E-state index contributed by atoms with van der Waals surface area (Å²) in [5.41, 5.74) is 0. The molecule has 3 aliphatic rings. The van der Waals surface area contributed by atoms with Gasteiger partial charge in [0.2, 0.25) is 11.0 Å². The molecule has 2 heterocycles. The molecule has 0 saturated carbocycles. The van der Waals surface area contributed by atoms with Crippen LogP contribution < -0.4 is 0 Å². The highest BCUT2D eigenvalue weighted by Crippen LogP contribution is 2.51. The van der Waals surface area contributed by atoms with Gasteiger partial charge in [0.25, 0.3) is 0 Å². The van der Waals surface area contributed by atoms with E-state index in [-0.39, 0.29) is 11.8 Å². The lowest BCUT2D eigenvalue weighted by Gasteiger charge is -2.53. The number of aliphatic hydroxyl groups excluding tert-OH is 1. The topological polar surface area (TPSA) is 74.7 Å². The van der Waals surface area contributed by atoms with E-state index in [1.54, 1.807) is 14.0 Å². The van der Waals surface area contributed by atoms with Crippen LogP contribution in [0, 0.1) is 11.8 Å². The summed E-state index contributed by atoms with van der Waals surface area (Å²) in [5, 5.41) is 10.3. The molecule has 0 radical (unpaired) electrons. The van der Waals surface area contributed by atoms with Gasteiger partial charge in [0.1, 0.15) is 10.8 Å². The maximum absolute atomic E-state index is 12.5. The van der Waals surface area contributed by atoms with Crippen LogP contribution in [-0.2, 0) is 20.4 Å². The Kier molecular flexibility index (Phi) is 3.14. The van der Waals surface area contributed by atoms with Gasteiger partial charge in [0.15, 0.2) is 4.75 Å². The standard InChI is InChI=1S/C14H19NO4S/c1-8-10-14(13(18)15(10)2,20(19)12(8)17)11(16)9-6-4-3-5-7-9/h4,6,8-11,16H,3,5,7H2,1-2H3/t8?,9-,10?,11+,14+,20?/m1/s1. The lowest BCUT2D eigenvalue weighted by atomic mass is 9.71. The van der Waals surface area contributed by atoms with Crippen LogP contribution >= 0.6 is 0 Å². The van der Waals surface area contributed by atoms with E-state index in [1.165, 1.54) is 4.90 Å². The van der Waals surface area contributed by atoms with Crippen LogP contribution in [0.3, 0.4) is 0 Å². The van der Waals surface area contributed by atoms with Crippen molar-refractivity contribution in [2.45, 2.75) is 43.1 Å². The molecule has 5 nitrogen and oxygen atoms in total. The Bertz CT molecular complexity index is 531. The minimum absolute atomic E-state index is 0.189. The van der Waals surface area contributed by atoms with Gasteiger partial charge in [-0.25, -0.2) is 0 Å². The van der Waals surface area contributed by atoms with Gasteiger partial charge in [0, 0.05) is 13.0 Å². The zero-order chi connectivity index (χ0) is 14.7. The normalized spacial score (nSPS) is 45.2. The molecule has 1 amide bonds. The van der Waals surface area contributed by atoms with E-state index in [0.29, 0.717) is 0 Å². The van der Waals surface area contributed by atoms with Crippen LogP contribution in [0.4, 0.5) is 0 Å². The summed E-state index contributed by atoms with van der Waals surface area (Å²) in [4.78, 5) is 25.9. The number of carbonyl (C=O) groups excluding carboxylic acids is 2. The molecule has 0 aromatic rings. The molecule has 0 bridgehead atoms. The first kappa shape index (κ1) is 13.9.